The summed E-state index contributed by atoms with van der Waals surface area (Å²) in [6.07, 6.45) is 5.03. The average Bonchev–Trinajstić information content (AvgIpc) is 3.44. The number of amides is 1. The van der Waals surface area contributed by atoms with Crippen LogP contribution in [0.4, 0.5) is 14.6 Å². The molecule has 1 aliphatic carbocycles. The third-order valence-electron chi connectivity index (χ3n) is 9.13. The van der Waals surface area contributed by atoms with Gasteiger partial charge in [-0.2, -0.15) is 13.1 Å². The van der Waals surface area contributed by atoms with Crippen molar-refractivity contribution >= 4 is 38.4 Å². The Labute approximate surface area is 253 Å². The zero-order valence-corrected chi connectivity index (χ0v) is 25.6. The number of fused-ring (bicyclic) bond motifs is 3. The first-order valence-electron chi connectivity index (χ1n) is 14.9. The van der Waals surface area contributed by atoms with Crippen molar-refractivity contribution in [3.8, 4) is 17.3 Å². The molecule has 7 rings (SSSR count). The summed E-state index contributed by atoms with van der Waals surface area (Å²) in [5.41, 5.74) is 3.60. The van der Waals surface area contributed by atoms with E-state index in [1.807, 2.05) is 26.9 Å². The van der Waals surface area contributed by atoms with Crippen LogP contribution >= 0.6 is 0 Å². The molecule has 6 heterocycles. The Kier molecular flexibility index (Phi) is 7.03. The number of sulfonamides is 1. The molecular weight excluding hydrogens is 592 g/mol. The number of halogens is 2. The van der Waals surface area contributed by atoms with Crippen LogP contribution in [0.3, 0.4) is 0 Å². The van der Waals surface area contributed by atoms with E-state index >= 15 is 0 Å². The van der Waals surface area contributed by atoms with Crippen molar-refractivity contribution in [2.45, 2.75) is 51.7 Å². The molecule has 1 saturated carbocycles. The van der Waals surface area contributed by atoms with Crippen LogP contribution in [0, 0.1) is 18.8 Å². The topological polar surface area (TPSA) is 114 Å². The monoisotopic (exact) mass is 627 g/mol. The van der Waals surface area contributed by atoms with Crippen LogP contribution in [-0.2, 0) is 16.6 Å². The number of nitrogens with one attached hydrogen (secondary N) is 1. The highest BCUT2D eigenvalue weighted by molar-refractivity contribution is 7.92. The predicted molar refractivity (Wildman–Crippen MR) is 162 cm³/mol. The van der Waals surface area contributed by atoms with Gasteiger partial charge in [0.2, 0.25) is 10.0 Å². The summed E-state index contributed by atoms with van der Waals surface area (Å²) in [7, 11) is -2.70. The van der Waals surface area contributed by atoms with Gasteiger partial charge >= 0.3 is 6.55 Å². The number of aromatic nitrogens is 4. The van der Waals surface area contributed by atoms with Crippen LogP contribution < -0.4 is 14.4 Å². The average molecular weight is 628 g/mol. The number of nitrogens with zero attached hydrogens (tertiary/aromatic N) is 6. The minimum absolute atomic E-state index is 0.0332. The summed E-state index contributed by atoms with van der Waals surface area (Å²) in [6.45, 7) is 1.61. The van der Waals surface area contributed by atoms with E-state index in [1.165, 1.54) is 6.07 Å². The molecule has 3 fully saturated rings. The largest absolute Gasteiger partial charge is 0.482 e. The molecule has 0 bridgehead atoms. The number of likely N-dealkylation sites (tertiary alicyclic amines) is 1. The summed E-state index contributed by atoms with van der Waals surface area (Å²) in [5, 5.41) is 4.22. The number of anilines is 1. The second-order valence-corrected chi connectivity index (χ2v) is 14.1. The second kappa shape index (κ2) is 10.7. The van der Waals surface area contributed by atoms with Crippen LogP contribution in [0.1, 0.15) is 41.7 Å². The molecule has 0 radical (unpaired) electrons. The van der Waals surface area contributed by atoms with E-state index in [-0.39, 0.29) is 16.0 Å². The van der Waals surface area contributed by atoms with Gasteiger partial charge < -0.3 is 19.5 Å². The lowest BCUT2D eigenvalue weighted by molar-refractivity contribution is 0.0785. The molecule has 11 nitrogen and oxygen atoms in total. The fraction of sp³-hybridized carbons (Fsp3) is 0.500. The molecule has 4 aromatic heterocycles. The molecule has 0 spiro atoms. The first-order valence-corrected chi connectivity index (χ1v) is 16.8. The van der Waals surface area contributed by atoms with E-state index in [4.69, 9.17) is 9.72 Å². The quantitative estimate of drug-likeness (QED) is 0.295. The molecule has 2 aliphatic heterocycles. The summed E-state index contributed by atoms with van der Waals surface area (Å²) < 4.78 is 61.6. The molecule has 2 atom stereocenters. The summed E-state index contributed by atoms with van der Waals surface area (Å²) >= 11 is 0. The first kappa shape index (κ1) is 29.0. The molecule has 44 heavy (non-hydrogen) atoms. The zero-order chi connectivity index (χ0) is 30.9. The molecule has 3 aliphatic rings. The Morgan fingerprint density at radius 3 is 2.64 bits per heavy atom. The van der Waals surface area contributed by atoms with Crippen LogP contribution in [-0.4, -0.2) is 83.8 Å². The number of ether oxygens (including phenoxy) is 1. The number of carbonyl (C=O) groups is 1. The second-order valence-electron chi connectivity index (χ2n) is 12.2. The molecule has 234 valence electrons. The molecule has 2 saturated heterocycles. The maximum absolute atomic E-state index is 13.8. The third-order valence-corrected chi connectivity index (χ3v) is 10.2. The standard InChI is InChI=1S/C30H35F2N7O4S/c1-17-27(23-11-19-8-9-24(39(30(31)32)44(3,41)42)35-28(19)37(23)14-18-6-7-18)34-25-12-21(13-26(43-2)38(17)25)29(40)36-15-20-5-4-10-33-22(20)16-36/h8-9,11-13,18,20,22,30,33H,4-7,10,14-16H2,1-3H3/t20-,22+/m0/s1. The van der Waals surface area contributed by atoms with Crippen molar-refractivity contribution < 1.29 is 26.7 Å². The van der Waals surface area contributed by atoms with E-state index in [2.05, 4.69) is 10.3 Å². The molecule has 0 aromatic carbocycles. The van der Waals surface area contributed by atoms with Gasteiger partial charge in [0.15, 0.2) is 5.88 Å². The van der Waals surface area contributed by atoms with Crippen molar-refractivity contribution in [1.82, 2.24) is 29.2 Å². The van der Waals surface area contributed by atoms with Crippen LogP contribution in [0.15, 0.2) is 30.3 Å². The Balaban J connectivity index is 1.32. The Morgan fingerprint density at radius 2 is 1.95 bits per heavy atom. The molecule has 0 unspecified atom stereocenters. The van der Waals surface area contributed by atoms with Gasteiger partial charge in [-0.1, -0.05) is 0 Å². The summed E-state index contributed by atoms with van der Waals surface area (Å²) in [4.78, 5) is 25.0. The normalized spacial score (nSPS) is 20.5. The number of methoxy groups -OCH3 is 1. The van der Waals surface area contributed by atoms with Gasteiger partial charge in [-0.05, 0) is 75.3 Å². The van der Waals surface area contributed by atoms with E-state index < -0.39 is 16.6 Å². The van der Waals surface area contributed by atoms with Gasteiger partial charge in [0.25, 0.3) is 5.91 Å². The number of hydrogen-bond donors (Lipinski definition) is 1. The highest BCUT2D eigenvalue weighted by Crippen LogP contribution is 2.38. The number of carbonyl (C=O) groups excluding carboxylic acids is 1. The highest BCUT2D eigenvalue weighted by Gasteiger charge is 2.37. The van der Waals surface area contributed by atoms with Gasteiger partial charge in [-0.15, -0.1) is 0 Å². The number of aryl methyl sites for hydroxylation is 1. The number of pyridine rings is 2. The molecule has 1 N–H and O–H groups in total. The van der Waals surface area contributed by atoms with Crippen LogP contribution in [0.2, 0.25) is 0 Å². The number of imidazole rings is 1. The van der Waals surface area contributed by atoms with E-state index in [9.17, 15) is 22.0 Å². The minimum Gasteiger partial charge on any atom is -0.482 e. The van der Waals surface area contributed by atoms with Crippen molar-refractivity contribution in [3.05, 3.63) is 41.6 Å². The first-order chi connectivity index (χ1) is 21.0. The number of hydrogen-bond acceptors (Lipinski definition) is 7. The summed E-state index contributed by atoms with van der Waals surface area (Å²) in [5.74, 6) is 0.934. The fourth-order valence-corrected chi connectivity index (χ4v) is 7.51. The molecule has 1 amide bonds. The Hall–Kier alpha value is -3.78. The van der Waals surface area contributed by atoms with Crippen LogP contribution in [0.5, 0.6) is 5.88 Å². The van der Waals surface area contributed by atoms with Crippen molar-refractivity contribution in [2.75, 3.05) is 37.3 Å². The maximum atomic E-state index is 13.8. The number of rotatable bonds is 8. The van der Waals surface area contributed by atoms with Gasteiger partial charge in [0.05, 0.1) is 24.8 Å². The SMILES string of the molecule is COc1cc(C(=O)N2C[C@@H]3CCCN[C@@H]3C2)cc2nc(-c3cc4ccc(N(C(F)F)S(C)(=O)=O)nc4n3CC3CC3)c(C)n12. The van der Waals surface area contributed by atoms with Crippen molar-refractivity contribution in [2.24, 2.45) is 11.8 Å². The molecular formula is C30H35F2N7O4S. The highest BCUT2D eigenvalue weighted by atomic mass is 32.2. The van der Waals surface area contributed by atoms with Crippen LogP contribution in [0.25, 0.3) is 28.1 Å². The number of alkyl halides is 2. The lowest BCUT2D eigenvalue weighted by atomic mass is 9.94. The van der Waals surface area contributed by atoms with Gasteiger partial charge in [-0.3, -0.25) is 9.20 Å². The van der Waals surface area contributed by atoms with Gasteiger partial charge in [0.1, 0.15) is 22.8 Å². The molecule has 4 aromatic rings. The fourth-order valence-electron chi connectivity index (χ4n) is 6.78. The van der Waals surface area contributed by atoms with E-state index in [0.29, 0.717) is 64.8 Å². The maximum Gasteiger partial charge on any atom is 0.329 e. The lowest BCUT2D eigenvalue weighted by Gasteiger charge is -2.24. The Bertz CT molecular complexity index is 1870. The third kappa shape index (κ3) is 4.97. The van der Waals surface area contributed by atoms with Gasteiger partial charge in [0, 0.05) is 42.7 Å². The number of piperidine rings is 1. The van der Waals surface area contributed by atoms with E-state index in [0.717, 1.165) is 56.4 Å². The van der Waals surface area contributed by atoms with E-state index in [1.54, 1.807) is 25.3 Å². The smallest absolute Gasteiger partial charge is 0.329 e. The minimum atomic E-state index is -4.26. The lowest BCUT2D eigenvalue weighted by Crippen LogP contribution is -2.41. The zero-order valence-electron chi connectivity index (χ0n) is 24.8. The van der Waals surface area contributed by atoms with Gasteiger partial charge in [-0.25, -0.2) is 18.4 Å². The Morgan fingerprint density at radius 1 is 1.16 bits per heavy atom. The molecule has 14 heteroatoms. The summed E-state index contributed by atoms with van der Waals surface area (Å²) in [6, 6.07) is 8.66. The van der Waals surface area contributed by atoms with Crippen molar-refractivity contribution in [1.29, 1.82) is 0 Å². The predicted octanol–water partition coefficient (Wildman–Crippen LogP) is 3.89. The van der Waals surface area contributed by atoms with Crippen molar-refractivity contribution in [3.63, 3.8) is 0 Å².